The van der Waals surface area contributed by atoms with Gasteiger partial charge >= 0.3 is 0 Å². The van der Waals surface area contributed by atoms with Crippen LogP contribution in [0.1, 0.15) is 15.2 Å². The average Bonchev–Trinajstić information content (AvgIpc) is 2.88. The van der Waals surface area contributed by atoms with Crippen LogP contribution >= 0.6 is 11.3 Å². The van der Waals surface area contributed by atoms with Crippen LogP contribution in [0.25, 0.3) is 0 Å². The van der Waals surface area contributed by atoms with Gasteiger partial charge in [0.15, 0.2) is 0 Å². The monoisotopic (exact) mass is 311 g/mol. The highest BCUT2D eigenvalue weighted by molar-refractivity contribution is 7.94. The summed E-state index contributed by atoms with van der Waals surface area (Å²) < 4.78 is 26.9. The van der Waals surface area contributed by atoms with Gasteiger partial charge in [-0.25, -0.2) is 8.42 Å². The zero-order chi connectivity index (χ0) is 14.8. The average molecular weight is 311 g/mol. The first-order valence-corrected chi connectivity index (χ1v) is 7.94. The van der Waals surface area contributed by atoms with Crippen molar-refractivity contribution in [1.29, 1.82) is 0 Å². The molecule has 2 aromatic rings. The van der Waals surface area contributed by atoms with Crippen LogP contribution < -0.4 is 16.2 Å². The molecule has 0 spiro atoms. The van der Waals surface area contributed by atoms with Gasteiger partial charge in [0.2, 0.25) is 0 Å². The van der Waals surface area contributed by atoms with Gasteiger partial charge in [0.25, 0.3) is 15.9 Å². The molecule has 106 valence electrons. The molecule has 0 saturated carbocycles. The number of nitrogens with two attached hydrogens (primary N) is 2. The van der Waals surface area contributed by atoms with Crippen LogP contribution in [0.15, 0.2) is 40.6 Å². The summed E-state index contributed by atoms with van der Waals surface area (Å²) in [7, 11) is -3.75. The molecule has 0 bridgehead atoms. The number of nitrogens with one attached hydrogen (secondary N) is 1. The second kappa shape index (κ2) is 5.61. The van der Waals surface area contributed by atoms with Crippen molar-refractivity contribution in [2.75, 3.05) is 4.72 Å². The van der Waals surface area contributed by atoms with Crippen molar-refractivity contribution in [3.8, 4) is 0 Å². The largest absolute Gasteiger partial charge is 0.366 e. The molecule has 20 heavy (non-hydrogen) atoms. The second-order valence-electron chi connectivity index (χ2n) is 3.94. The maximum Gasteiger partial charge on any atom is 0.271 e. The van der Waals surface area contributed by atoms with E-state index in [4.69, 9.17) is 11.5 Å². The summed E-state index contributed by atoms with van der Waals surface area (Å²) in [5.41, 5.74) is 10.9. The first-order valence-electron chi connectivity index (χ1n) is 5.64. The predicted octanol–water partition coefficient (Wildman–Crippen LogP) is 1.11. The molecule has 1 aromatic carbocycles. The number of hydrogen-bond acceptors (Lipinski definition) is 5. The lowest BCUT2D eigenvalue weighted by atomic mass is 10.2. The highest BCUT2D eigenvalue weighted by Crippen LogP contribution is 2.25. The Morgan fingerprint density at radius 3 is 2.50 bits per heavy atom. The van der Waals surface area contributed by atoms with Gasteiger partial charge in [0, 0.05) is 11.4 Å². The molecule has 0 aliphatic carbocycles. The number of carbonyl (C=O) groups excluding carboxylic acids is 1. The fraction of sp³-hybridized carbons (Fsp3) is 0.0833. The van der Waals surface area contributed by atoms with Gasteiger partial charge in [-0.05, 0) is 24.3 Å². The number of primary amides is 1. The number of carbonyl (C=O) groups is 1. The molecule has 1 aromatic heterocycles. The van der Waals surface area contributed by atoms with Gasteiger partial charge in [-0.1, -0.05) is 12.1 Å². The number of hydrogen-bond donors (Lipinski definition) is 3. The van der Waals surface area contributed by atoms with Gasteiger partial charge in [0.1, 0.15) is 4.21 Å². The van der Waals surface area contributed by atoms with E-state index >= 15 is 0 Å². The molecule has 0 atom stereocenters. The first-order chi connectivity index (χ1) is 9.44. The van der Waals surface area contributed by atoms with Crippen molar-refractivity contribution in [3.05, 3.63) is 46.8 Å². The Morgan fingerprint density at radius 2 is 1.90 bits per heavy atom. The van der Waals surface area contributed by atoms with E-state index in [1.807, 2.05) is 0 Å². The Morgan fingerprint density at radius 1 is 1.20 bits per heavy atom. The summed E-state index contributed by atoms with van der Waals surface area (Å²) in [5.74, 6) is -0.697. The Labute approximate surface area is 120 Å². The van der Waals surface area contributed by atoms with Crippen LogP contribution in [0.3, 0.4) is 0 Å². The normalized spacial score (nSPS) is 11.2. The molecule has 0 saturated heterocycles. The van der Waals surface area contributed by atoms with Crippen molar-refractivity contribution in [2.45, 2.75) is 10.8 Å². The number of anilines is 1. The topological polar surface area (TPSA) is 115 Å². The van der Waals surface area contributed by atoms with E-state index in [9.17, 15) is 13.2 Å². The molecule has 5 N–H and O–H groups in total. The molecular weight excluding hydrogens is 298 g/mol. The van der Waals surface area contributed by atoms with Crippen molar-refractivity contribution in [3.63, 3.8) is 0 Å². The second-order valence-corrected chi connectivity index (χ2v) is 7.02. The summed E-state index contributed by atoms with van der Waals surface area (Å²) in [6.07, 6.45) is 0. The minimum atomic E-state index is -3.75. The van der Waals surface area contributed by atoms with E-state index in [2.05, 4.69) is 4.72 Å². The number of sulfonamides is 1. The predicted molar refractivity (Wildman–Crippen MR) is 78.0 cm³/mol. The fourth-order valence-electron chi connectivity index (χ4n) is 1.59. The highest BCUT2D eigenvalue weighted by Gasteiger charge is 2.19. The van der Waals surface area contributed by atoms with E-state index in [0.29, 0.717) is 0 Å². The van der Waals surface area contributed by atoms with E-state index in [0.717, 1.165) is 16.2 Å². The lowest BCUT2D eigenvalue weighted by Crippen LogP contribution is -2.18. The molecular formula is C12H13N3O3S2. The summed E-state index contributed by atoms with van der Waals surface area (Å²) in [5, 5.41) is 0. The van der Waals surface area contributed by atoms with Crippen LogP contribution in [0.4, 0.5) is 5.69 Å². The standard InChI is InChI=1S/C12H13N3O3S2/c13-7-8-5-6-11(19-8)20(17,18)15-10-4-2-1-3-9(10)12(14)16/h1-6,15H,7,13H2,(H2,14,16). The van der Waals surface area contributed by atoms with Crippen LogP contribution in [0, 0.1) is 0 Å². The van der Waals surface area contributed by atoms with Crippen LogP contribution in [0.5, 0.6) is 0 Å². The third-order valence-electron chi connectivity index (χ3n) is 2.54. The summed E-state index contributed by atoms with van der Waals surface area (Å²) in [4.78, 5) is 12.0. The van der Waals surface area contributed by atoms with Crippen molar-refractivity contribution in [1.82, 2.24) is 0 Å². The van der Waals surface area contributed by atoms with E-state index in [1.165, 1.54) is 18.2 Å². The molecule has 0 unspecified atom stereocenters. The minimum absolute atomic E-state index is 0.117. The van der Waals surface area contributed by atoms with E-state index < -0.39 is 15.9 Å². The zero-order valence-electron chi connectivity index (χ0n) is 10.4. The van der Waals surface area contributed by atoms with Crippen LogP contribution in [-0.2, 0) is 16.6 Å². The van der Waals surface area contributed by atoms with E-state index in [1.54, 1.807) is 18.2 Å². The minimum Gasteiger partial charge on any atom is -0.366 e. The molecule has 8 heteroatoms. The number of para-hydroxylation sites is 1. The molecule has 6 nitrogen and oxygen atoms in total. The lowest BCUT2D eigenvalue weighted by Gasteiger charge is -2.09. The first kappa shape index (κ1) is 14.5. The van der Waals surface area contributed by atoms with Gasteiger partial charge < -0.3 is 11.5 Å². The fourth-order valence-corrected chi connectivity index (χ4v) is 3.91. The molecule has 0 aliphatic rings. The third-order valence-corrected chi connectivity index (χ3v) is 5.50. The van der Waals surface area contributed by atoms with Crippen molar-refractivity contribution < 1.29 is 13.2 Å². The Hall–Kier alpha value is -1.90. The van der Waals surface area contributed by atoms with Gasteiger partial charge in [-0.2, -0.15) is 0 Å². The zero-order valence-corrected chi connectivity index (χ0v) is 12.0. The van der Waals surface area contributed by atoms with Crippen LogP contribution in [0.2, 0.25) is 0 Å². The van der Waals surface area contributed by atoms with Crippen molar-refractivity contribution >= 4 is 33.0 Å². The summed E-state index contributed by atoms with van der Waals surface area (Å²) in [6.45, 7) is 0.276. The summed E-state index contributed by atoms with van der Waals surface area (Å²) >= 11 is 1.08. The Kier molecular flexibility index (Phi) is 4.07. The number of benzene rings is 1. The number of rotatable bonds is 5. The summed E-state index contributed by atoms with van der Waals surface area (Å²) in [6, 6.07) is 9.29. The molecule has 1 amide bonds. The third kappa shape index (κ3) is 2.98. The molecule has 1 heterocycles. The molecule has 0 aliphatic heterocycles. The van der Waals surface area contributed by atoms with Gasteiger partial charge in [0.05, 0.1) is 11.3 Å². The maximum atomic E-state index is 12.2. The molecule has 0 radical (unpaired) electrons. The van der Waals surface area contributed by atoms with Crippen molar-refractivity contribution in [2.24, 2.45) is 11.5 Å². The number of amides is 1. The lowest BCUT2D eigenvalue weighted by molar-refractivity contribution is 0.100. The van der Waals surface area contributed by atoms with Gasteiger partial charge in [-0.3, -0.25) is 9.52 Å². The van der Waals surface area contributed by atoms with E-state index in [-0.39, 0.29) is 22.0 Å². The number of thiophene rings is 1. The maximum absolute atomic E-state index is 12.2. The quantitative estimate of drug-likeness (QED) is 0.767. The highest BCUT2D eigenvalue weighted by atomic mass is 32.2. The van der Waals surface area contributed by atoms with Crippen LogP contribution in [-0.4, -0.2) is 14.3 Å². The Balaban J connectivity index is 2.36. The Bertz CT molecular complexity index is 738. The van der Waals surface area contributed by atoms with Gasteiger partial charge in [-0.15, -0.1) is 11.3 Å². The SMILES string of the molecule is NCc1ccc(S(=O)(=O)Nc2ccccc2C(N)=O)s1. The molecule has 0 fully saturated rings. The smallest absolute Gasteiger partial charge is 0.271 e. The molecule has 2 rings (SSSR count).